The quantitative estimate of drug-likeness (QED) is 0.725. The van der Waals surface area contributed by atoms with Gasteiger partial charge in [-0.2, -0.15) is 0 Å². The average molecular weight is 330 g/mol. The van der Waals surface area contributed by atoms with Crippen molar-refractivity contribution in [1.82, 2.24) is 0 Å². The van der Waals surface area contributed by atoms with E-state index in [1.54, 1.807) is 0 Å². The number of aliphatic carboxylic acids is 1. The molecule has 0 aromatic heterocycles. The number of carbonyl (C=O) groups is 2. The predicted molar refractivity (Wildman–Crippen MR) is 96.5 cm³/mol. The van der Waals surface area contributed by atoms with Gasteiger partial charge >= 0.3 is 5.97 Å². The van der Waals surface area contributed by atoms with Crippen molar-refractivity contribution in [3.8, 4) is 0 Å². The van der Waals surface area contributed by atoms with Gasteiger partial charge in [-0.1, -0.05) is 50.3 Å². The highest BCUT2D eigenvalue weighted by molar-refractivity contribution is 6.05. The predicted octanol–water partition coefficient (Wildman–Crippen LogP) is 5.25. The lowest BCUT2D eigenvalue weighted by Gasteiger charge is -2.41. The molecule has 1 aromatic carbocycles. The minimum absolute atomic E-state index is 0.0676. The van der Waals surface area contributed by atoms with Crippen LogP contribution in [0.5, 0.6) is 0 Å². The largest absolute Gasteiger partial charge is 0.481 e. The van der Waals surface area contributed by atoms with Gasteiger partial charge in [0.2, 0.25) is 0 Å². The second-order valence-electron chi connectivity index (χ2n) is 7.50. The van der Waals surface area contributed by atoms with Gasteiger partial charge in [-0.3, -0.25) is 9.59 Å². The van der Waals surface area contributed by atoms with Crippen molar-refractivity contribution in [3.63, 3.8) is 0 Å². The Morgan fingerprint density at radius 1 is 1.08 bits per heavy atom. The first-order valence-corrected chi connectivity index (χ1v) is 9.19. The van der Waals surface area contributed by atoms with E-state index in [-0.39, 0.29) is 5.78 Å². The number of Topliss-reactive ketones (excluding diaryl/α,β-unsaturated/α-hetero) is 1. The van der Waals surface area contributed by atoms with Crippen LogP contribution in [-0.2, 0) is 4.79 Å². The van der Waals surface area contributed by atoms with Crippen LogP contribution in [0.1, 0.15) is 78.9 Å². The third-order valence-corrected chi connectivity index (χ3v) is 5.64. The molecule has 0 bridgehead atoms. The topological polar surface area (TPSA) is 54.4 Å². The summed E-state index contributed by atoms with van der Waals surface area (Å²) < 4.78 is 0. The summed E-state index contributed by atoms with van der Waals surface area (Å²) in [7, 11) is 0. The molecule has 2 rings (SSSR count). The summed E-state index contributed by atoms with van der Waals surface area (Å²) in [4.78, 5) is 25.6. The third kappa shape index (κ3) is 3.40. The van der Waals surface area contributed by atoms with Gasteiger partial charge < -0.3 is 5.11 Å². The van der Waals surface area contributed by atoms with Gasteiger partial charge in [0.05, 0.1) is 5.92 Å². The molecule has 0 radical (unpaired) electrons. The molecule has 1 aliphatic rings. The Labute approximate surface area is 145 Å². The van der Waals surface area contributed by atoms with Gasteiger partial charge in [0.15, 0.2) is 5.78 Å². The van der Waals surface area contributed by atoms with Gasteiger partial charge in [-0.25, -0.2) is 0 Å². The lowest BCUT2D eigenvalue weighted by atomic mass is 9.60. The van der Waals surface area contributed by atoms with E-state index in [1.165, 1.54) is 0 Å². The average Bonchev–Trinajstić information content (AvgIpc) is 2.51. The van der Waals surface area contributed by atoms with Gasteiger partial charge in [0.1, 0.15) is 0 Å². The van der Waals surface area contributed by atoms with Crippen LogP contribution in [-0.4, -0.2) is 16.9 Å². The Morgan fingerprint density at radius 2 is 1.62 bits per heavy atom. The van der Waals surface area contributed by atoms with E-state index in [4.69, 9.17) is 0 Å². The molecule has 3 nitrogen and oxygen atoms in total. The minimum Gasteiger partial charge on any atom is -0.481 e. The summed E-state index contributed by atoms with van der Waals surface area (Å²) in [5.74, 6) is -1.32. The molecule has 132 valence electrons. The van der Waals surface area contributed by atoms with Crippen LogP contribution < -0.4 is 0 Å². The van der Waals surface area contributed by atoms with Gasteiger partial charge in [-0.15, -0.1) is 0 Å². The van der Waals surface area contributed by atoms with E-state index < -0.39 is 17.3 Å². The van der Waals surface area contributed by atoms with Crippen LogP contribution in [0.2, 0.25) is 0 Å². The number of rotatable bonds is 6. The van der Waals surface area contributed by atoms with Crippen LogP contribution in [0, 0.1) is 32.1 Å². The Morgan fingerprint density at radius 3 is 2.08 bits per heavy atom. The fourth-order valence-electron chi connectivity index (χ4n) is 4.63. The summed E-state index contributed by atoms with van der Waals surface area (Å²) in [5, 5.41) is 9.85. The molecule has 1 unspecified atom stereocenters. The number of carboxylic acids is 1. The molecular formula is C21H30O3. The van der Waals surface area contributed by atoms with E-state index in [9.17, 15) is 14.7 Å². The van der Waals surface area contributed by atoms with E-state index in [2.05, 4.69) is 0 Å². The zero-order valence-corrected chi connectivity index (χ0v) is 15.4. The molecule has 0 heterocycles. The lowest BCUT2D eigenvalue weighted by Crippen LogP contribution is -2.44. The Bertz CT molecular complexity index is 601. The molecular weight excluding hydrogens is 300 g/mol. The standard InChI is InChI=1S/C21H30O3/c1-5-9-17(20(23)24)21(10-7-6-8-11-21)19(22)18-15(3)12-14(2)13-16(18)4/h12-13,17H,5-11H2,1-4H3,(H,23,24). The summed E-state index contributed by atoms with van der Waals surface area (Å²) in [6.45, 7) is 7.97. The van der Waals surface area contributed by atoms with Crippen molar-refractivity contribution in [3.05, 3.63) is 34.4 Å². The zero-order valence-electron chi connectivity index (χ0n) is 15.4. The van der Waals surface area contributed by atoms with E-state index in [0.29, 0.717) is 19.3 Å². The maximum atomic E-state index is 13.6. The van der Waals surface area contributed by atoms with Gasteiger partial charge in [-0.05, 0) is 51.2 Å². The molecule has 1 aliphatic carbocycles. The Hall–Kier alpha value is -1.64. The smallest absolute Gasteiger partial charge is 0.307 e. The Kier molecular flexibility index (Phi) is 5.84. The Balaban J connectivity index is 2.56. The number of aryl methyl sites for hydroxylation is 3. The van der Waals surface area contributed by atoms with E-state index >= 15 is 0 Å². The molecule has 0 saturated heterocycles. The fraction of sp³-hybridized carbons (Fsp3) is 0.619. The highest BCUT2D eigenvalue weighted by Crippen LogP contribution is 2.47. The van der Waals surface area contributed by atoms with Crippen LogP contribution in [0.3, 0.4) is 0 Å². The first-order chi connectivity index (χ1) is 11.3. The van der Waals surface area contributed by atoms with E-state index in [1.807, 2.05) is 39.8 Å². The highest BCUT2D eigenvalue weighted by Gasteiger charge is 2.49. The van der Waals surface area contributed by atoms with Crippen molar-refractivity contribution >= 4 is 11.8 Å². The van der Waals surface area contributed by atoms with Crippen LogP contribution in [0.15, 0.2) is 12.1 Å². The molecule has 1 atom stereocenters. The normalized spacial score (nSPS) is 18.2. The highest BCUT2D eigenvalue weighted by atomic mass is 16.4. The van der Waals surface area contributed by atoms with Crippen molar-refractivity contribution in [2.24, 2.45) is 11.3 Å². The summed E-state index contributed by atoms with van der Waals surface area (Å²) in [6, 6.07) is 4.07. The summed E-state index contributed by atoms with van der Waals surface area (Å²) in [5.41, 5.74) is 3.11. The monoisotopic (exact) mass is 330 g/mol. The van der Waals surface area contributed by atoms with Gasteiger partial charge in [0, 0.05) is 11.0 Å². The molecule has 3 heteroatoms. The zero-order chi connectivity index (χ0) is 17.9. The summed E-state index contributed by atoms with van der Waals surface area (Å²) in [6.07, 6.45) is 5.76. The third-order valence-electron chi connectivity index (χ3n) is 5.64. The maximum Gasteiger partial charge on any atom is 0.307 e. The number of ketones is 1. The molecule has 1 fully saturated rings. The molecule has 1 N–H and O–H groups in total. The first-order valence-electron chi connectivity index (χ1n) is 9.19. The summed E-state index contributed by atoms with van der Waals surface area (Å²) >= 11 is 0. The minimum atomic E-state index is -0.811. The number of carbonyl (C=O) groups excluding carboxylic acids is 1. The first kappa shape index (κ1) is 18.7. The number of hydrogen-bond acceptors (Lipinski definition) is 2. The van der Waals surface area contributed by atoms with Crippen molar-refractivity contribution in [2.45, 2.75) is 72.6 Å². The molecule has 0 spiro atoms. The van der Waals surface area contributed by atoms with Crippen molar-refractivity contribution < 1.29 is 14.7 Å². The second-order valence-corrected chi connectivity index (χ2v) is 7.50. The number of benzene rings is 1. The van der Waals surface area contributed by atoms with E-state index in [0.717, 1.165) is 47.9 Å². The fourth-order valence-corrected chi connectivity index (χ4v) is 4.63. The SMILES string of the molecule is CCCC(C(=O)O)C1(C(=O)c2c(C)cc(C)cc2C)CCCCC1. The van der Waals surface area contributed by atoms with Crippen LogP contribution >= 0.6 is 0 Å². The second kappa shape index (κ2) is 7.50. The van der Waals surface area contributed by atoms with Gasteiger partial charge in [0.25, 0.3) is 0 Å². The van der Waals surface area contributed by atoms with Crippen LogP contribution in [0.25, 0.3) is 0 Å². The number of hydrogen-bond donors (Lipinski definition) is 1. The molecule has 1 saturated carbocycles. The molecule has 24 heavy (non-hydrogen) atoms. The lowest BCUT2D eigenvalue weighted by molar-refractivity contribution is -0.146. The van der Waals surface area contributed by atoms with Crippen LogP contribution in [0.4, 0.5) is 0 Å². The molecule has 0 aliphatic heterocycles. The van der Waals surface area contributed by atoms with Crippen molar-refractivity contribution in [1.29, 1.82) is 0 Å². The maximum absolute atomic E-state index is 13.6. The number of carboxylic acid groups (broad SMARTS) is 1. The molecule has 1 aromatic rings. The molecule has 0 amide bonds. The van der Waals surface area contributed by atoms with Crippen molar-refractivity contribution in [2.75, 3.05) is 0 Å².